The van der Waals surface area contributed by atoms with Gasteiger partial charge in [-0.2, -0.15) is 0 Å². The summed E-state index contributed by atoms with van der Waals surface area (Å²) in [6.45, 7) is 0. The molecule has 1 aliphatic carbocycles. The molecule has 0 unspecified atom stereocenters. The Morgan fingerprint density at radius 1 is 1.08 bits per heavy atom. The normalized spacial score (nSPS) is 17.8. The van der Waals surface area contributed by atoms with Gasteiger partial charge in [-0.3, -0.25) is 0 Å². The van der Waals surface area contributed by atoms with Crippen LogP contribution in [-0.2, 0) is 0 Å². The van der Waals surface area contributed by atoms with Crippen LogP contribution in [0.5, 0.6) is 0 Å². The topological polar surface area (TPSA) is 0 Å². The predicted molar refractivity (Wildman–Crippen MR) is 59.1 cm³/mol. The van der Waals surface area contributed by atoms with Crippen LogP contribution in [-0.4, -0.2) is 5.75 Å². The highest BCUT2D eigenvalue weighted by atomic mass is 32.2. The molecule has 2 rings (SSSR count). The smallest absolute Gasteiger partial charge is 0.00720 e. The summed E-state index contributed by atoms with van der Waals surface area (Å²) in [5, 5.41) is 0. The average molecular weight is 192 g/mol. The maximum atomic E-state index is 2.21. The summed E-state index contributed by atoms with van der Waals surface area (Å²) in [6.07, 6.45) is 5.83. The lowest BCUT2D eigenvalue weighted by molar-refractivity contribution is 0.623. The molecule has 70 valence electrons. The van der Waals surface area contributed by atoms with Crippen LogP contribution < -0.4 is 0 Å². The monoisotopic (exact) mass is 192 g/mol. The Morgan fingerprint density at radius 3 is 2.46 bits per heavy atom. The second-order valence-electron chi connectivity index (χ2n) is 3.77. The van der Waals surface area contributed by atoms with Crippen molar-refractivity contribution in [2.24, 2.45) is 5.92 Å². The van der Waals surface area contributed by atoms with Crippen LogP contribution in [0.15, 0.2) is 35.2 Å². The third-order valence-electron chi connectivity index (χ3n) is 2.70. The number of hydrogen-bond donors (Lipinski definition) is 0. The van der Waals surface area contributed by atoms with Crippen molar-refractivity contribution in [3.63, 3.8) is 0 Å². The van der Waals surface area contributed by atoms with Crippen LogP contribution in [0.1, 0.15) is 25.7 Å². The number of rotatable bonds is 3. The van der Waals surface area contributed by atoms with Crippen molar-refractivity contribution < 1.29 is 0 Å². The minimum absolute atomic E-state index is 0.991. The maximum absolute atomic E-state index is 2.21. The molecule has 1 fully saturated rings. The first-order valence-electron chi connectivity index (χ1n) is 5.13. The molecule has 1 aromatic rings. The van der Waals surface area contributed by atoms with Gasteiger partial charge in [0.25, 0.3) is 0 Å². The zero-order valence-electron chi connectivity index (χ0n) is 7.91. The molecule has 0 N–H and O–H groups in total. The summed E-state index contributed by atoms with van der Waals surface area (Å²) >= 11 is 2.02. The van der Waals surface area contributed by atoms with E-state index < -0.39 is 0 Å². The van der Waals surface area contributed by atoms with E-state index in [1.807, 2.05) is 11.8 Å². The molecular formula is C12H16S. The lowest BCUT2D eigenvalue weighted by Gasteiger charge is -2.07. The standard InChI is InChI=1S/C12H16S/c1-2-8-12(9-3-1)13-10-11-6-4-5-7-11/h1-3,8-9,11H,4-7,10H2. The lowest BCUT2D eigenvalue weighted by Crippen LogP contribution is -1.95. The molecule has 1 saturated carbocycles. The molecule has 13 heavy (non-hydrogen) atoms. The van der Waals surface area contributed by atoms with E-state index in [2.05, 4.69) is 30.3 Å². The highest BCUT2D eigenvalue weighted by Gasteiger charge is 2.14. The van der Waals surface area contributed by atoms with E-state index in [0.29, 0.717) is 0 Å². The van der Waals surface area contributed by atoms with Gasteiger partial charge in [0.2, 0.25) is 0 Å². The first-order valence-corrected chi connectivity index (χ1v) is 6.11. The minimum atomic E-state index is 0.991. The Labute approximate surface area is 84.7 Å². The molecule has 0 aliphatic heterocycles. The van der Waals surface area contributed by atoms with Crippen LogP contribution in [0.25, 0.3) is 0 Å². The average Bonchev–Trinajstić information content (AvgIpc) is 2.69. The molecule has 1 heteroatoms. The molecule has 0 saturated heterocycles. The Balaban J connectivity index is 1.79. The van der Waals surface area contributed by atoms with Gasteiger partial charge in [0.1, 0.15) is 0 Å². The van der Waals surface area contributed by atoms with Gasteiger partial charge in [-0.1, -0.05) is 31.0 Å². The molecule has 0 heterocycles. The summed E-state index contributed by atoms with van der Waals surface area (Å²) in [7, 11) is 0. The third kappa shape index (κ3) is 2.77. The molecule has 0 nitrogen and oxygen atoms in total. The van der Waals surface area contributed by atoms with Crippen LogP contribution in [0.4, 0.5) is 0 Å². The van der Waals surface area contributed by atoms with Crippen molar-refractivity contribution in [2.75, 3.05) is 5.75 Å². The summed E-state index contributed by atoms with van der Waals surface area (Å²) in [5.74, 6) is 2.31. The molecule has 1 aromatic carbocycles. The van der Waals surface area contributed by atoms with Crippen molar-refractivity contribution in [1.29, 1.82) is 0 Å². The van der Waals surface area contributed by atoms with Gasteiger partial charge < -0.3 is 0 Å². The van der Waals surface area contributed by atoms with Crippen LogP contribution >= 0.6 is 11.8 Å². The summed E-state index contributed by atoms with van der Waals surface area (Å²) in [6, 6.07) is 10.7. The zero-order valence-corrected chi connectivity index (χ0v) is 8.72. The molecule has 0 atom stereocenters. The summed E-state index contributed by atoms with van der Waals surface area (Å²) in [5.41, 5.74) is 0. The summed E-state index contributed by atoms with van der Waals surface area (Å²) < 4.78 is 0. The van der Waals surface area contributed by atoms with Gasteiger partial charge in [-0.15, -0.1) is 11.8 Å². The quantitative estimate of drug-likeness (QED) is 0.653. The fourth-order valence-corrected chi connectivity index (χ4v) is 3.02. The van der Waals surface area contributed by atoms with E-state index in [1.54, 1.807) is 0 Å². The Kier molecular flexibility index (Phi) is 3.31. The highest BCUT2D eigenvalue weighted by Crippen LogP contribution is 2.30. The third-order valence-corrected chi connectivity index (χ3v) is 3.95. The second-order valence-corrected chi connectivity index (χ2v) is 4.87. The Morgan fingerprint density at radius 2 is 1.77 bits per heavy atom. The first kappa shape index (κ1) is 9.14. The van der Waals surface area contributed by atoms with Crippen molar-refractivity contribution in [3.8, 4) is 0 Å². The summed E-state index contributed by atoms with van der Waals surface area (Å²) in [4.78, 5) is 1.43. The van der Waals surface area contributed by atoms with Crippen molar-refractivity contribution in [1.82, 2.24) is 0 Å². The molecule has 0 aromatic heterocycles. The number of thioether (sulfide) groups is 1. The Hall–Kier alpha value is -0.430. The van der Waals surface area contributed by atoms with Gasteiger partial charge in [-0.25, -0.2) is 0 Å². The lowest BCUT2D eigenvalue weighted by atomic mass is 10.1. The second kappa shape index (κ2) is 4.71. The van der Waals surface area contributed by atoms with Crippen LogP contribution in [0.2, 0.25) is 0 Å². The largest absolute Gasteiger partial charge is 0.126 e. The fourth-order valence-electron chi connectivity index (χ4n) is 1.91. The molecule has 0 spiro atoms. The molecule has 0 bridgehead atoms. The van der Waals surface area contributed by atoms with Gasteiger partial charge in [0.05, 0.1) is 0 Å². The van der Waals surface area contributed by atoms with Crippen molar-refractivity contribution in [2.45, 2.75) is 30.6 Å². The SMILES string of the molecule is c1ccc(SCC2CCCC2)cc1. The minimum Gasteiger partial charge on any atom is -0.126 e. The van der Waals surface area contributed by atoms with Gasteiger partial charge in [0.15, 0.2) is 0 Å². The van der Waals surface area contributed by atoms with Crippen molar-refractivity contribution in [3.05, 3.63) is 30.3 Å². The zero-order chi connectivity index (χ0) is 8.93. The molecule has 0 radical (unpaired) electrons. The number of benzene rings is 1. The maximum Gasteiger partial charge on any atom is 0.00720 e. The molecule has 0 amide bonds. The number of hydrogen-bond acceptors (Lipinski definition) is 1. The van der Waals surface area contributed by atoms with E-state index in [4.69, 9.17) is 0 Å². The van der Waals surface area contributed by atoms with E-state index >= 15 is 0 Å². The molecule has 1 aliphatic rings. The van der Waals surface area contributed by atoms with Crippen LogP contribution in [0, 0.1) is 5.92 Å². The van der Waals surface area contributed by atoms with Crippen molar-refractivity contribution >= 4 is 11.8 Å². The Bertz CT molecular complexity index is 237. The van der Waals surface area contributed by atoms with Gasteiger partial charge >= 0.3 is 0 Å². The van der Waals surface area contributed by atoms with E-state index in [9.17, 15) is 0 Å². The first-order chi connectivity index (χ1) is 6.45. The van der Waals surface area contributed by atoms with Gasteiger partial charge in [0, 0.05) is 10.6 Å². The highest BCUT2D eigenvalue weighted by molar-refractivity contribution is 7.99. The van der Waals surface area contributed by atoms with E-state index in [1.165, 1.54) is 36.3 Å². The van der Waals surface area contributed by atoms with Crippen LogP contribution in [0.3, 0.4) is 0 Å². The fraction of sp³-hybridized carbons (Fsp3) is 0.500. The predicted octanol–water partition coefficient (Wildman–Crippen LogP) is 3.97. The van der Waals surface area contributed by atoms with E-state index in [-0.39, 0.29) is 0 Å². The van der Waals surface area contributed by atoms with E-state index in [0.717, 1.165) is 5.92 Å². The van der Waals surface area contributed by atoms with Gasteiger partial charge in [-0.05, 0) is 30.9 Å². The molecular weight excluding hydrogens is 176 g/mol.